The summed E-state index contributed by atoms with van der Waals surface area (Å²) in [6, 6.07) is 5.41. The molecule has 0 saturated heterocycles. The summed E-state index contributed by atoms with van der Waals surface area (Å²) in [7, 11) is 5.18. The molecule has 3 rings (SSSR count). The highest BCUT2D eigenvalue weighted by molar-refractivity contribution is 14.0. The Kier molecular flexibility index (Phi) is 10.3. The minimum Gasteiger partial charge on any atom is -0.493 e. The number of hydrogen-bond donors (Lipinski definition) is 2. The van der Waals surface area contributed by atoms with E-state index in [0.29, 0.717) is 18.0 Å². The molecule has 0 saturated carbocycles. The third-order valence-corrected chi connectivity index (χ3v) is 6.31. The van der Waals surface area contributed by atoms with Gasteiger partial charge in [0.15, 0.2) is 17.5 Å². The molecule has 2 aromatic rings. The van der Waals surface area contributed by atoms with Crippen LogP contribution in [0.25, 0.3) is 0 Å². The molecule has 1 unspecified atom stereocenters. The van der Waals surface area contributed by atoms with Crippen molar-refractivity contribution in [1.29, 1.82) is 0 Å². The molecule has 1 aromatic heterocycles. The van der Waals surface area contributed by atoms with Crippen molar-refractivity contribution in [2.24, 2.45) is 4.99 Å². The molecule has 2 N–H and O–H groups in total. The van der Waals surface area contributed by atoms with Crippen LogP contribution in [-0.2, 0) is 19.4 Å². The summed E-state index contributed by atoms with van der Waals surface area (Å²) in [5.74, 6) is 1.98. The summed E-state index contributed by atoms with van der Waals surface area (Å²) in [4.78, 5) is 13.0. The molecule has 1 aliphatic carbocycles. The molecule has 0 amide bonds. The molecule has 0 fully saturated rings. The average Bonchev–Trinajstić information content (AvgIpc) is 3.17. The Morgan fingerprint density at radius 2 is 2.00 bits per heavy atom. The highest BCUT2D eigenvalue weighted by Crippen LogP contribution is 2.30. The van der Waals surface area contributed by atoms with Crippen LogP contribution in [0.2, 0.25) is 0 Å². The van der Waals surface area contributed by atoms with Crippen molar-refractivity contribution in [1.82, 2.24) is 15.2 Å². The van der Waals surface area contributed by atoms with E-state index in [9.17, 15) is 5.11 Å². The first kappa shape index (κ1) is 25.7. The second-order valence-electron chi connectivity index (χ2n) is 7.37. The molecule has 1 atom stereocenters. The molecule has 7 nitrogen and oxygen atoms in total. The van der Waals surface area contributed by atoms with Gasteiger partial charge in [-0.05, 0) is 50.3 Å². The Balaban J connectivity index is 0.00000341. The molecule has 31 heavy (non-hydrogen) atoms. The normalized spacial score (nSPS) is 14.3. The van der Waals surface area contributed by atoms with Gasteiger partial charge in [0, 0.05) is 18.5 Å². The van der Waals surface area contributed by atoms with E-state index in [-0.39, 0.29) is 30.5 Å². The maximum absolute atomic E-state index is 10.6. The highest BCUT2D eigenvalue weighted by Gasteiger charge is 2.17. The number of methoxy groups -OCH3 is 2. The predicted molar refractivity (Wildman–Crippen MR) is 136 cm³/mol. The second kappa shape index (κ2) is 12.4. The lowest BCUT2D eigenvalue weighted by Crippen LogP contribution is -2.38. The van der Waals surface area contributed by atoms with Crippen molar-refractivity contribution < 1.29 is 14.6 Å². The van der Waals surface area contributed by atoms with Crippen LogP contribution in [0.15, 0.2) is 23.2 Å². The maximum atomic E-state index is 10.6. The van der Waals surface area contributed by atoms with Crippen LogP contribution in [0, 0.1) is 0 Å². The van der Waals surface area contributed by atoms with Crippen LogP contribution in [0.4, 0.5) is 0 Å². The van der Waals surface area contributed by atoms with Gasteiger partial charge in [0.1, 0.15) is 5.01 Å². The minimum absolute atomic E-state index is 0. The number of halogens is 1. The van der Waals surface area contributed by atoms with E-state index < -0.39 is 6.10 Å². The lowest BCUT2D eigenvalue weighted by molar-refractivity contribution is 0.186. The van der Waals surface area contributed by atoms with Crippen LogP contribution in [0.3, 0.4) is 0 Å². The monoisotopic (exact) mass is 560 g/mol. The van der Waals surface area contributed by atoms with Crippen molar-refractivity contribution in [2.75, 3.05) is 34.4 Å². The Morgan fingerprint density at radius 1 is 1.26 bits per heavy atom. The Labute approximate surface area is 205 Å². The number of benzene rings is 1. The fraction of sp³-hybridized carbons (Fsp3) is 0.545. The Hall–Kier alpha value is -1.59. The first-order valence-corrected chi connectivity index (χ1v) is 11.2. The molecular weight excluding hydrogens is 527 g/mol. The number of aryl methyl sites for hydroxylation is 2. The summed E-state index contributed by atoms with van der Waals surface area (Å²) >= 11 is 1.82. The van der Waals surface area contributed by atoms with Crippen molar-refractivity contribution in [3.8, 4) is 11.5 Å². The Morgan fingerprint density at radius 3 is 2.68 bits per heavy atom. The van der Waals surface area contributed by atoms with Gasteiger partial charge in [-0.15, -0.1) is 35.3 Å². The number of fused-ring (bicyclic) bond motifs is 1. The van der Waals surface area contributed by atoms with Crippen LogP contribution in [-0.4, -0.2) is 55.3 Å². The van der Waals surface area contributed by atoms with Crippen LogP contribution < -0.4 is 14.8 Å². The molecule has 9 heteroatoms. The summed E-state index contributed by atoms with van der Waals surface area (Å²) in [6.07, 6.45) is 4.02. The lowest BCUT2D eigenvalue weighted by atomic mass is 10.0. The van der Waals surface area contributed by atoms with E-state index in [1.807, 2.05) is 31.4 Å². The molecule has 0 aliphatic heterocycles. The Bertz CT molecular complexity index is 851. The predicted octanol–water partition coefficient (Wildman–Crippen LogP) is 3.79. The molecule has 172 valence electrons. The SMILES string of the molecule is CCNC(=NCC(O)c1ccc(OC)c(OC)c1)N(C)Cc1nc2c(s1)CCCC2.I. The van der Waals surface area contributed by atoms with Crippen molar-refractivity contribution in [2.45, 2.75) is 45.3 Å². The number of aliphatic imine (C=N–C) groups is 1. The number of thiazole rings is 1. The number of aliphatic hydroxyl groups is 1. The van der Waals surface area contributed by atoms with Gasteiger partial charge in [0.25, 0.3) is 0 Å². The summed E-state index contributed by atoms with van der Waals surface area (Å²) in [5.41, 5.74) is 2.02. The van der Waals surface area contributed by atoms with Crippen molar-refractivity contribution >= 4 is 41.3 Å². The number of aliphatic hydroxyl groups excluding tert-OH is 1. The zero-order chi connectivity index (χ0) is 21.5. The van der Waals surface area contributed by atoms with E-state index in [2.05, 4.69) is 15.2 Å². The molecule has 0 bridgehead atoms. The smallest absolute Gasteiger partial charge is 0.194 e. The van der Waals surface area contributed by atoms with Crippen LogP contribution in [0.1, 0.15) is 47.0 Å². The average molecular weight is 561 g/mol. The van der Waals surface area contributed by atoms with Crippen LogP contribution >= 0.6 is 35.3 Å². The number of rotatable bonds is 8. The molecule has 1 heterocycles. The molecule has 0 radical (unpaired) electrons. The topological polar surface area (TPSA) is 79.2 Å². The van der Waals surface area contributed by atoms with Gasteiger partial charge < -0.3 is 24.8 Å². The maximum Gasteiger partial charge on any atom is 0.194 e. The number of ether oxygens (including phenoxy) is 2. The molecule has 1 aliphatic rings. The fourth-order valence-corrected chi connectivity index (χ4v) is 4.77. The van der Waals surface area contributed by atoms with Gasteiger partial charge in [0.05, 0.1) is 39.1 Å². The first-order chi connectivity index (χ1) is 14.5. The van der Waals surface area contributed by atoms with Crippen LogP contribution in [0.5, 0.6) is 11.5 Å². The van der Waals surface area contributed by atoms with E-state index in [0.717, 1.165) is 35.9 Å². The molecule has 1 aromatic carbocycles. The van der Waals surface area contributed by atoms with Gasteiger partial charge in [0.2, 0.25) is 0 Å². The van der Waals surface area contributed by atoms with Gasteiger partial charge in [-0.1, -0.05) is 6.07 Å². The standard InChI is InChI=1S/C22H32N4O3S.HI/c1-5-23-22(26(2)14-21-25-16-8-6-7-9-20(16)30-21)24-13-17(27)15-10-11-18(28-3)19(12-15)29-4;/h10-12,17,27H,5-9,13-14H2,1-4H3,(H,23,24);1H. The van der Waals surface area contributed by atoms with Crippen molar-refractivity contribution in [3.05, 3.63) is 39.3 Å². The van der Waals surface area contributed by atoms with Crippen molar-refractivity contribution in [3.63, 3.8) is 0 Å². The zero-order valence-corrected chi connectivity index (χ0v) is 21.8. The van der Waals surface area contributed by atoms with E-state index in [4.69, 9.17) is 14.5 Å². The zero-order valence-electron chi connectivity index (χ0n) is 18.7. The fourth-order valence-electron chi connectivity index (χ4n) is 3.56. The number of aromatic nitrogens is 1. The number of nitrogens with one attached hydrogen (secondary N) is 1. The summed E-state index contributed by atoms with van der Waals surface area (Å²) in [5, 5.41) is 15.1. The van der Waals surface area contributed by atoms with E-state index in [1.165, 1.54) is 23.4 Å². The molecule has 0 spiro atoms. The van der Waals surface area contributed by atoms with E-state index >= 15 is 0 Å². The second-order valence-corrected chi connectivity index (χ2v) is 8.53. The number of hydrogen-bond acceptors (Lipinski definition) is 6. The number of nitrogens with zero attached hydrogens (tertiary/aromatic N) is 3. The summed E-state index contributed by atoms with van der Waals surface area (Å²) in [6.45, 7) is 3.74. The van der Waals surface area contributed by atoms with Gasteiger partial charge in [-0.25, -0.2) is 4.98 Å². The summed E-state index contributed by atoms with van der Waals surface area (Å²) < 4.78 is 10.6. The van der Waals surface area contributed by atoms with E-state index in [1.54, 1.807) is 26.4 Å². The van der Waals surface area contributed by atoms with Gasteiger partial charge >= 0.3 is 0 Å². The third-order valence-electron chi connectivity index (χ3n) is 5.17. The van der Waals surface area contributed by atoms with Gasteiger partial charge in [-0.2, -0.15) is 0 Å². The lowest BCUT2D eigenvalue weighted by Gasteiger charge is -2.21. The minimum atomic E-state index is -0.737. The highest BCUT2D eigenvalue weighted by atomic mass is 127. The third kappa shape index (κ3) is 6.69. The molecular formula is C22H33IN4O3S. The number of guanidine groups is 1. The van der Waals surface area contributed by atoms with Gasteiger partial charge in [-0.3, -0.25) is 4.99 Å². The first-order valence-electron chi connectivity index (χ1n) is 10.4. The quantitative estimate of drug-likeness (QED) is 0.291. The largest absolute Gasteiger partial charge is 0.493 e.